The lowest BCUT2D eigenvalue weighted by atomic mass is 10.00. The van der Waals surface area contributed by atoms with Crippen LogP contribution in [0.25, 0.3) is 16.6 Å². The Morgan fingerprint density at radius 2 is 1.81 bits per heavy atom. The van der Waals surface area contributed by atoms with Crippen molar-refractivity contribution >= 4 is 41.2 Å². The lowest BCUT2D eigenvalue weighted by molar-refractivity contribution is 0.112. The largest absolute Gasteiger partial charge is 0.350 e. The molecule has 0 aliphatic carbocycles. The molecule has 0 radical (unpaired) electrons. The highest BCUT2D eigenvalue weighted by Crippen LogP contribution is 2.36. The number of fused-ring (bicyclic) bond motifs is 1. The number of anilines is 1. The topological polar surface area (TPSA) is 25.2 Å². The molecule has 0 aliphatic rings. The predicted octanol–water partition coefficient (Wildman–Crippen LogP) is 7.87. The molecule has 2 aromatic carbocycles. The molecule has 166 valence electrons. The number of aryl methyl sites for hydroxylation is 2. The number of carbonyl (C=O) groups is 1. The van der Waals surface area contributed by atoms with E-state index in [1.165, 1.54) is 0 Å². The molecule has 0 bridgehead atoms. The van der Waals surface area contributed by atoms with E-state index in [1.807, 2.05) is 59.9 Å². The van der Waals surface area contributed by atoms with Crippen molar-refractivity contribution < 1.29 is 4.79 Å². The first kappa shape index (κ1) is 26.3. The van der Waals surface area contributed by atoms with Gasteiger partial charge in [-0.05, 0) is 48.7 Å². The Morgan fingerprint density at radius 1 is 1.13 bits per heavy atom. The molecule has 0 saturated carbocycles. The maximum atomic E-state index is 11.3. The van der Waals surface area contributed by atoms with Crippen LogP contribution in [-0.2, 0) is 13.5 Å². The van der Waals surface area contributed by atoms with E-state index >= 15 is 0 Å². The van der Waals surface area contributed by atoms with Crippen molar-refractivity contribution in [1.82, 2.24) is 4.57 Å². The molecule has 31 heavy (non-hydrogen) atoms. The smallest absolute Gasteiger partial charge is 0.150 e. The zero-order chi connectivity index (χ0) is 23.6. The zero-order valence-electron chi connectivity index (χ0n) is 19.9. The summed E-state index contributed by atoms with van der Waals surface area (Å²) in [5, 5.41) is 1.77. The summed E-state index contributed by atoms with van der Waals surface area (Å²) in [7, 11) is 2.04. The lowest BCUT2D eigenvalue weighted by Gasteiger charge is -2.28. The van der Waals surface area contributed by atoms with E-state index in [4.69, 9.17) is 0 Å². The fourth-order valence-electron chi connectivity index (χ4n) is 3.50. The van der Waals surface area contributed by atoms with Gasteiger partial charge in [0.05, 0.1) is 10.7 Å². The van der Waals surface area contributed by atoms with E-state index in [9.17, 15) is 4.79 Å². The normalized spacial score (nSPS) is 10.5. The van der Waals surface area contributed by atoms with Crippen LogP contribution < -0.4 is 4.90 Å². The van der Waals surface area contributed by atoms with E-state index in [0.717, 1.165) is 51.7 Å². The van der Waals surface area contributed by atoms with Crippen molar-refractivity contribution in [3.05, 3.63) is 83.0 Å². The molecule has 0 aliphatic heterocycles. The van der Waals surface area contributed by atoms with E-state index in [0.29, 0.717) is 5.03 Å². The number of thiol groups is 1. The average molecular weight is 437 g/mol. The number of benzene rings is 2. The van der Waals surface area contributed by atoms with Crippen LogP contribution in [-0.4, -0.2) is 10.9 Å². The van der Waals surface area contributed by atoms with E-state index in [2.05, 4.69) is 72.1 Å². The molecule has 0 unspecified atom stereocenters. The molecule has 1 heterocycles. The summed E-state index contributed by atoms with van der Waals surface area (Å²) >= 11 is 4.60. The highest BCUT2D eigenvalue weighted by atomic mass is 32.1. The maximum Gasteiger partial charge on any atom is 0.150 e. The molecule has 3 aromatic rings. The van der Waals surface area contributed by atoms with Gasteiger partial charge in [-0.3, -0.25) is 4.79 Å². The summed E-state index contributed by atoms with van der Waals surface area (Å²) in [5.74, 6) is 0. The van der Waals surface area contributed by atoms with Gasteiger partial charge in [0.25, 0.3) is 0 Å². The van der Waals surface area contributed by atoms with E-state index in [-0.39, 0.29) is 0 Å². The van der Waals surface area contributed by atoms with Crippen LogP contribution in [0.4, 0.5) is 5.69 Å². The Labute approximate surface area is 193 Å². The quantitative estimate of drug-likeness (QED) is 0.314. The van der Waals surface area contributed by atoms with E-state index in [1.54, 1.807) is 0 Å². The average Bonchev–Trinajstić information content (AvgIpc) is 3.20. The Morgan fingerprint density at radius 3 is 2.35 bits per heavy atom. The molecule has 4 heteroatoms. The number of hydrogen-bond acceptors (Lipinski definition) is 3. The number of aromatic nitrogens is 1. The second-order valence-electron chi connectivity index (χ2n) is 6.45. The molecule has 0 spiro atoms. The van der Waals surface area contributed by atoms with Gasteiger partial charge in [-0.15, -0.1) is 12.6 Å². The van der Waals surface area contributed by atoms with Crippen LogP contribution in [0.5, 0.6) is 0 Å². The van der Waals surface area contributed by atoms with Gasteiger partial charge in [0, 0.05) is 35.4 Å². The Bertz CT molecular complexity index is 1050. The second-order valence-corrected chi connectivity index (χ2v) is 6.96. The van der Waals surface area contributed by atoms with Gasteiger partial charge in [0.15, 0.2) is 0 Å². The number of hydrogen-bond donors (Lipinski definition) is 1. The minimum absolute atomic E-state index is 0.636. The number of nitrogens with zero attached hydrogens (tertiary/aromatic N) is 2. The van der Waals surface area contributed by atoms with Crippen LogP contribution in [0.2, 0.25) is 0 Å². The Kier molecular flexibility index (Phi) is 10.9. The number of rotatable bonds is 6. The molecule has 0 saturated heterocycles. The highest BCUT2D eigenvalue weighted by Gasteiger charge is 2.19. The number of carbonyl (C=O) groups excluding carboxylic acids is 1. The lowest BCUT2D eigenvalue weighted by Crippen LogP contribution is -2.18. The standard InChI is InChI=1S/C23H24N2OS.2C2H6/c1-5-17-14-18(10-11-19(17)15-26)21(6-2)25(16(3)27)23-9-7-8-22-20(23)12-13-24(22)4;2*1-2/h6-15,27H,3,5H2,1-2,4H3;2*1-2H3/b21-6-;;. The van der Waals surface area contributed by atoms with Gasteiger partial charge < -0.3 is 9.47 Å². The first-order chi connectivity index (χ1) is 15.0. The van der Waals surface area contributed by atoms with Crippen LogP contribution in [0.3, 0.4) is 0 Å². The zero-order valence-corrected chi connectivity index (χ0v) is 20.8. The van der Waals surface area contributed by atoms with E-state index < -0.39 is 0 Å². The van der Waals surface area contributed by atoms with Crippen molar-refractivity contribution in [2.75, 3.05) is 4.90 Å². The van der Waals surface area contributed by atoms with Gasteiger partial charge in [0.1, 0.15) is 6.29 Å². The van der Waals surface area contributed by atoms with Crippen molar-refractivity contribution in [3.8, 4) is 0 Å². The minimum atomic E-state index is 0.636. The molecule has 0 N–H and O–H groups in total. The fraction of sp³-hybridized carbons (Fsp3) is 0.296. The fourth-order valence-corrected chi connectivity index (χ4v) is 3.72. The van der Waals surface area contributed by atoms with Crippen molar-refractivity contribution in [3.63, 3.8) is 0 Å². The van der Waals surface area contributed by atoms with Gasteiger partial charge in [0.2, 0.25) is 0 Å². The summed E-state index contributed by atoms with van der Waals surface area (Å²) in [6.07, 6.45) is 5.82. The monoisotopic (exact) mass is 436 g/mol. The van der Waals surface area contributed by atoms with Crippen molar-refractivity contribution in [1.29, 1.82) is 0 Å². The summed E-state index contributed by atoms with van der Waals surface area (Å²) in [5.41, 5.74) is 5.95. The molecule has 1 aromatic heterocycles. The van der Waals surface area contributed by atoms with Gasteiger partial charge >= 0.3 is 0 Å². The third-order valence-corrected chi connectivity index (χ3v) is 5.06. The first-order valence-corrected chi connectivity index (χ1v) is 11.4. The van der Waals surface area contributed by atoms with Crippen LogP contribution in [0.1, 0.15) is 63.0 Å². The number of aldehydes is 1. The van der Waals surface area contributed by atoms with Crippen LogP contribution in [0, 0.1) is 0 Å². The SMILES string of the molecule is C=C(S)N(/C(=C\C)c1ccc(C=O)c(CC)c1)c1cccc2c1ccn2C.CC.CC. The van der Waals surface area contributed by atoms with Gasteiger partial charge in [-0.2, -0.15) is 0 Å². The summed E-state index contributed by atoms with van der Waals surface area (Å²) in [6.45, 7) is 16.2. The highest BCUT2D eigenvalue weighted by molar-refractivity contribution is 7.84. The third kappa shape index (κ3) is 5.71. The van der Waals surface area contributed by atoms with Crippen molar-refractivity contribution in [2.24, 2.45) is 7.05 Å². The first-order valence-electron chi connectivity index (χ1n) is 11.0. The number of allylic oxidation sites excluding steroid dienone is 1. The summed E-state index contributed by atoms with van der Waals surface area (Å²) < 4.78 is 2.10. The second kappa shape index (κ2) is 12.9. The maximum absolute atomic E-state index is 11.3. The molecule has 0 atom stereocenters. The summed E-state index contributed by atoms with van der Waals surface area (Å²) in [4.78, 5) is 13.4. The van der Waals surface area contributed by atoms with Crippen molar-refractivity contribution in [2.45, 2.75) is 48.0 Å². The summed E-state index contributed by atoms with van der Waals surface area (Å²) in [6, 6.07) is 14.3. The molecule has 0 amide bonds. The Balaban J connectivity index is 0.00000113. The van der Waals surface area contributed by atoms with Gasteiger partial charge in [-0.25, -0.2) is 0 Å². The predicted molar refractivity (Wildman–Crippen MR) is 141 cm³/mol. The third-order valence-electron chi connectivity index (χ3n) is 4.86. The Hall–Kier alpha value is -2.72. The molecule has 3 rings (SSSR count). The molecular formula is C27H36N2OS. The van der Waals surface area contributed by atoms with Crippen LogP contribution in [0.15, 0.2) is 66.3 Å². The molecule has 0 fully saturated rings. The van der Waals surface area contributed by atoms with Crippen LogP contribution >= 0.6 is 12.6 Å². The van der Waals surface area contributed by atoms with Gasteiger partial charge in [-0.1, -0.05) is 65.5 Å². The minimum Gasteiger partial charge on any atom is -0.350 e. The molecule has 3 nitrogen and oxygen atoms in total. The molecular weight excluding hydrogens is 400 g/mol.